The molecule has 29 heavy (non-hydrogen) atoms. The molecule has 4 rings (SSSR count). The van der Waals surface area contributed by atoms with Crippen LogP contribution in [0.5, 0.6) is 0 Å². The fourth-order valence-corrected chi connectivity index (χ4v) is 3.49. The summed E-state index contributed by atoms with van der Waals surface area (Å²) >= 11 is 0. The minimum Gasteiger partial charge on any atom is -0.421 e. The number of benzene rings is 2. The molecule has 8 nitrogen and oxygen atoms in total. The van der Waals surface area contributed by atoms with Crippen LogP contribution in [-0.4, -0.2) is 61.6 Å². The van der Waals surface area contributed by atoms with Crippen LogP contribution in [0.4, 0.5) is 0 Å². The van der Waals surface area contributed by atoms with Gasteiger partial charge in [0.1, 0.15) is 30.5 Å². The Bertz CT molecular complexity index is 971. The summed E-state index contributed by atoms with van der Waals surface area (Å²) in [6.07, 6.45) is -5.87. The number of rotatable bonds is 4. The Morgan fingerprint density at radius 1 is 0.862 bits per heavy atom. The van der Waals surface area contributed by atoms with Gasteiger partial charge in [0.2, 0.25) is 11.8 Å². The number of nitrogens with zero attached hydrogens (tertiary/aromatic N) is 2. The zero-order chi connectivity index (χ0) is 20.5. The highest BCUT2D eigenvalue weighted by Gasteiger charge is 2.43. The third-order valence-corrected chi connectivity index (χ3v) is 5.10. The fraction of sp³-hybridized carbons (Fsp3) is 0.333. The van der Waals surface area contributed by atoms with Crippen LogP contribution in [0.1, 0.15) is 17.6 Å². The van der Waals surface area contributed by atoms with Crippen molar-refractivity contribution in [3.8, 4) is 22.6 Å². The molecule has 0 spiro atoms. The molecule has 2 heterocycles. The van der Waals surface area contributed by atoms with Crippen molar-refractivity contribution in [3.05, 3.63) is 60.0 Å². The molecule has 0 aliphatic carbocycles. The van der Waals surface area contributed by atoms with E-state index in [2.05, 4.69) is 10.2 Å². The molecule has 2 aromatic carbocycles. The van der Waals surface area contributed by atoms with Gasteiger partial charge in [-0.05, 0) is 28.8 Å². The van der Waals surface area contributed by atoms with Crippen LogP contribution < -0.4 is 0 Å². The molecular formula is C21H22N2O6. The van der Waals surface area contributed by atoms with Crippen LogP contribution in [0.3, 0.4) is 0 Å². The predicted octanol–water partition coefficient (Wildman–Crippen LogP) is 1.23. The average molecular weight is 398 g/mol. The summed E-state index contributed by atoms with van der Waals surface area (Å²) in [5, 5.41) is 47.4. The number of aliphatic hydroxyl groups is 4. The highest BCUT2D eigenvalue weighted by atomic mass is 16.5. The van der Waals surface area contributed by atoms with Gasteiger partial charge in [0.05, 0.1) is 6.61 Å². The topological polar surface area (TPSA) is 129 Å². The standard InChI is InChI=1S/C21H22N2O6/c1-11-22-23-21(28-11)15-4-2-3-14(9-15)12-5-7-13(8-6-12)20-19(27)18(26)17(25)16(10-24)29-20/h2-9,16-20,24-27H,10H2,1H3/t16-,17-,18+,19+,20-/m1/s1. The Morgan fingerprint density at radius 2 is 1.59 bits per heavy atom. The van der Waals surface area contributed by atoms with E-state index < -0.39 is 37.1 Å². The van der Waals surface area contributed by atoms with Crippen molar-refractivity contribution < 1.29 is 29.6 Å². The summed E-state index contributed by atoms with van der Waals surface area (Å²) in [6.45, 7) is 1.28. The summed E-state index contributed by atoms with van der Waals surface area (Å²) < 4.78 is 11.1. The van der Waals surface area contributed by atoms with Crippen molar-refractivity contribution in [2.45, 2.75) is 37.4 Å². The summed E-state index contributed by atoms with van der Waals surface area (Å²) in [5.74, 6) is 0.941. The maximum atomic E-state index is 10.3. The Balaban J connectivity index is 1.58. The van der Waals surface area contributed by atoms with Crippen molar-refractivity contribution in [1.29, 1.82) is 0 Å². The molecule has 0 radical (unpaired) electrons. The van der Waals surface area contributed by atoms with Crippen molar-refractivity contribution >= 4 is 0 Å². The Labute approximate surface area is 167 Å². The van der Waals surface area contributed by atoms with E-state index in [9.17, 15) is 20.4 Å². The molecule has 1 aliphatic rings. The molecule has 0 saturated carbocycles. The maximum absolute atomic E-state index is 10.3. The van der Waals surface area contributed by atoms with Crippen molar-refractivity contribution in [2.75, 3.05) is 6.61 Å². The molecule has 5 atom stereocenters. The molecule has 1 fully saturated rings. The number of aliphatic hydroxyl groups excluding tert-OH is 4. The van der Waals surface area contributed by atoms with E-state index in [1.165, 1.54) is 0 Å². The first-order valence-electron chi connectivity index (χ1n) is 9.29. The maximum Gasteiger partial charge on any atom is 0.247 e. The first kappa shape index (κ1) is 19.7. The van der Waals surface area contributed by atoms with Gasteiger partial charge in [0, 0.05) is 12.5 Å². The third kappa shape index (κ3) is 3.81. The van der Waals surface area contributed by atoms with Gasteiger partial charge >= 0.3 is 0 Å². The zero-order valence-electron chi connectivity index (χ0n) is 15.7. The van der Waals surface area contributed by atoms with E-state index in [-0.39, 0.29) is 0 Å². The van der Waals surface area contributed by atoms with Crippen LogP contribution in [0.25, 0.3) is 22.6 Å². The third-order valence-electron chi connectivity index (χ3n) is 5.10. The lowest BCUT2D eigenvalue weighted by Crippen LogP contribution is -2.55. The second-order valence-electron chi connectivity index (χ2n) is 7.08. The summed E-state index contributed by atoms with van der Waals surface area (Å²) in [4.78, 5) is 0. The lowest BCUT2D eigenvalue weighted by molar-refractivity contribution is -0.231. The second-order valence-corrected chi connectivity index (χ2v) is 7.08. The first-order valence-corrected chi connectivity index (χ1v) is 9.29. The molecular weight excluding hydrogens is 376 g/mol. The fourth-order valence-electron chi connectivity index (χ4n) is 3.49. The van der Waals surface area contributed by atoms with Crippen LogP contribution in [0, 0.1) is 6.92 Å². The summed E-state index contributed by atoms with van der Waals surface area (Å²) in [5.41, 5.74) is 3.31. The number of hydrogen-bond acceptors (Lipinski definition) is 8. The predicted molar refractivity (Wildman–Crippen MR) is 103 cm³/mol. The lowest BCUT2D eigenvalue weighted by atomic mass is 9.90. The van der Waals surface area contributed by atoms with Gasteiger partial charge in [-0.15, -0.1) is 10.2 Å². The molecule has 152 valence electrons. The molecule has 1 aromatic heterocycles. The summed E-state index contributed by atoms with van der Waals surface area (Å²) in [6, 6.07) is 15.0. The molecule has 8 heteroatoms. The smallest absolute Gasteiger partial charge is 0.247 e. The van der Waals surface area contributed by atoms with Crippen LogP contribution >= 0.6 is 0 Å². The monoisotopic (exact) mass is 398 g/mol. The molecule has 1 saturated heterocycles. The van der Waals surface area contributed by atoms with Crippen molar-refractivity contribution in [3.63, 3.8) is 0 Å². The molecule has 0 bridgehead atoms. The van der Waals surface area contributed by atoms with Gasteiger partial charge in [-0.1, -0.05) is 36.4 Å². The van der Waals surface area contributed by atoms with Gasteiger partial charge in [0.15, 0.2) is 0 Å². The molecule has 0 unspecified atom stereocenters. The minimum atomic E-state index is -1.40. The van der Waals surface area contributed by atoms with E-state index in [4.69, 9.17) is 9.15 Å². The molecule has 0 amide bonds. The SMILES string of the molecule is Cc1nnc(-c2cccc(-c3ccc([C@H]4O[C@H](CO)[C@@H](O)[C@H](O)[C@@H]4O)cc3)c2)o1. The highest BCUT2D eigenvalue weighted by Crippen LogP contribution is 2.34. The minimum absolute atomic E-state index is 0.447. The average Bonchev–Trinajstić information content (AvgIpc) is 3.19. The van der Waals surface area contributed by atoms with Crippen molar-refractivity contribution in [1.82, 2.24) is 10.2 Å². The van der Waals surface area contributed by atoms with Crippen LogP contribution in [0.2, 0.25) is 0 Å². The first-order chi connectivity index (χ1) is 14.0. The number of aromatic nitrogens is 2. The second kappa shape index (κ2) is 8.02. The van der Waals surface area contributed by atoms with E-state index in [1.807, 2.05) is 36.4 Å². The van der Waals surface area contributed by atoms with E-state index in [1.54, 1.807) is 19.1 Å². The normalized spacial score (nSPS) is 27.1. The van der Waals surface area contributed by atoms with Gasteiger partial charge in [-0.25, -0.2) is 0 Å². The van der Waals surface area contributed by atoms with Crippen LogP contribution in [0.15, 0.2) is 52.9 Å². The molecule has 3 aromatic rings. The van der Waals surface area contributed by atoms with Crippen LogP contribution in [-0.2, 0) is 4.74 Å². The molecule has 1 aliphatic heterocycles. The van der Waals surface area contributed by atoms with Gasteiger partial charge in [0.25, 0.3) is 0 Å². The quantitative estimate of drug-likeness (QED) is 0.516. The Kier molecular flexibility index (Phi) is 5.44. The van der Waals surface area contributed by atoms with E-state index >= 15 is 0 Å². The van der Waals surface area contributed by atoms with E-state index in [0.29, 0.717) is 17.3 Å². The Morgan fingerprint density at radius 3 is 2.24 bits per heavy atom. The molecule has 4 N–H and O–H groups in total. The largest absolute Gasteiger partial charge is 0.421 e. The van der Waals surface area contributed by atoms with Gasteiger partial charge in [-0.3, -0.25) is 0 Å². The zero-order valence-corrected chi connectivity index (χ0v) is 15.7. The van der Waals surface area contributed by atoms with Gasteiger partial charge in [-0.2, -0.15) is 0 Å². The number of aryl methyl sites for hydroxylation is 1. The summed E-state index contributed by atoms with van der Waals surface area (Å²) in [7, 11) is 0. The number of hydrogen-bond donors (Lipinski definition) is 4. The van der Waals surface area contributed by atoms with Gasteiger partial charge < -0.3 is 29.6 Å². The van der Waals surface area contributed by atoms with Crippen molar-refractivity contribution in [2.24, 2.45) is 0 Å². The highest BCUT2D eigenvalue weighted by molar-refractivity contribution is 5.69. The Hall–Kier alpha value is -2.62. The van der Waals surface area contributed by atoms with E-state index in [0.717, 1.165) is 16.7 Å². The lowest BCUT2D eigenvalue weighted by Gasteiger charge is -2.40. The number of ether oxygens (including phenoxy) is 1.